The third-order valence-electron chi connectivity index (χ3n) is 3.78. The number of oxazole rings is 2. The van der Waals surface area contributed by atoms with E-state index >= 15 is 0 Å². The summed E-state index contributed by atoms with van der Waals surface area (Å²) in [5.41, 5.74) is 3.08. The average molecular weight is 367 g/mol. The minimum Gasteiger partial charge on any atom is -0.494 e. The van der Waals surface area contributed by atoms with Crippen LogP contribution in [0.5, 0.6) is 5.75 Å². The first-order chi connectivity index (χ1) is 12.7. The largest absolute Gasteiger partial charge is 0.494 e. The van der Waals surface area contributed by atoms with Crippen LogP contribution in [0.1, 0.15) is 18.4 Å². The zero-order valence-corrected chi connectivity index (χ0v) is 15.2. The molecule has 0 unspecified atom stereocenters. The van der Waals surface area contributed by atoms with Crippen molar-refractivity contribution in [2.75, 3.05) is 6.61 Å². The summed E-state index contributed by atoms with van der Waals surface area (Å²) in [7, 11) is 0. The normalized spacial score (nSPS) is 11.2. The molecular formula is C19H17N3O3S. The van der Waals surface area contributed by atoms with Gasteiger partial charge in [0.25, 0.3) is 5.22 Å². The maximum Gasteiger partial charge on any atom is 0.258 e. The molecular weight excluding hydrogens is 350 g/mol. The zero-order chi connectivity index (χ0) is 17.9. The first-order valence-electron chi connectivity index (χ1n) is 8.27. The minimum absolute atomic E-state index is 0.573. The Balaban J connectivity index is 1.49. The smallest absolute Gasteiger partial charge is 0.258 e. The Morgan fingerprint density at radius 1 is 1.08 bits per heavy atom. The number of hydrogen-bond donors (Lipinski definition) is 0. The quantitative estimate of drug-likeness (QED) is 0.450. The van der Waals surface area contributed by atoms with Crippen LogP contribution in [-0.2, 0) is 5.75 Å². The van der Waals surface area contributed by atoms with Crippen molar-refractivity contribution in [3.05, 3.63) is 54.0 Å². The van der Waals surface area contributed by atoms with Gasteiger partial charge in [0, 0.05) is 17.5 Å². The molecule has 4 rings (SSSR count). The molecule has 0 aliphatic heterocycles. The molecule has 4 aromatic rings. The van der Waals surface area contributed by atoms with Gasteiger partial charge in [0.1, 0.15) is 11.5 Å². The molecule has 7 heteroatoms. The lowest BCUT2D eigenvalue weighted by atomic mass is 10.2. The Morgan fingerprint density at radius 2 is 1.92 bits per heavy atom. The number of hydrogen-bond acceptors (Lipinski definition) is 7. The van der Waals surface area contributed by atoms with Crippen LogP contribution < -0.4 is 4.74 Å². The second-order valence-electron chi connectivity index (χ2n) is 5.57. The fraction of sp³-hybridized carbons (Fsp3) is 0.211. The van der Waals surface area contributed by atoms with Crippen LogP contribution in [0.2, 0.25) is 0 Å². The molecule has 0 fully saturated rings. The number of pyridine rings is 1. The Bertz CT molecular complexity index is 991. The molecule has 132 valence electrons. The van der Waals surface area contributed by atoms with Gasteiger partial charge in [0.2, 0.25) is 5.89 Å². The second-order valence-corrected chi connectivity index (χ2v) is 6.50. The van der Waals surface area contributed by atoms with Crippen molar-refractivity contribution in [3.8, 4) is 17.2 Å². The molecule has 6 nitrogen and oxygen atoms in total. The van der Waals surface area contributed by atoms with Gasteiger partial charge in [-0.1, -0.05) is 11.8 Å². The van der Waals surface area contributed by atoms with Gasteiger partial charge in [-0.2, -0.15) is 4.98 Å². The minimum atomic E-state index is 0.573. The Morgan fingerprint density at radius 3 is 2.69 bits per heavy atom. The van der Waals surface area contributed by atoms with Gasteiger partial charge in [-0.15, -0.1) is 0 Å². The molecule has 0 saturated heterocycles. The predicted molar refractivity (Wildman–Crippen MR) is 99.2 cm³/mol. The Labute approximate surface area is 154 Å². The van der Waals surface area contributed by atoms with Crippen molar-refractivity contribution in [3.63, 3.8) is 0 Å². The number of fused-ring (bicyclic) bond motifs is 1. The van der Waals surface area contributed by atoms with Crippen LogP contribution in [0.4, 0.5) is 0 Å². The molecule has 0 amide bonds. The van der Waals surface area contributed by atoms with Gasteiger partial charge in [-0.25, -0.2) is 9.97 Å². The van der Waals surface area contributed by atoms with Gasteiger partial charge in [0.15, 0.2) is 11.2 Å². The molecule has 0 N–H and O–H groups in total. The lowest BCUT2D eigenvalue weighted by Gasteiger charge is -2.02. The predicted octanol–water partition coefficient (Wildman–Crippen LogP) is 4.88. The lowest BCUT2D eigenvalue weighted by Crippen LogP contribution is -1.90. The monoisotopic (exact) mass is 367 g/mol. The third-order valence-corrected chi connectivity index (χ3v) is 4.62. The first kappa shape index (κ1) is 16.7. The van der Waals surface area contributed by atoms with Crippen LogP contribution in [0.3, 0.4) is 0 Å². The summed E-state index contributed by atoms with van der Waals surface area (Å²) in [5.74, 6) is 2.83. The van der Waals surface area contributed by atoms with E-state index in [2.05, 4.69) is 15.0 Å². The number of aryl methyl sites for hydroxylation is 1. The second kappa shape index (κ2) is 7.21. The first-order valence-corrected chi connectivity index (χ1v) is 9.25. The van der Waals surface area contributed by atoms with Gasteiger partial charge >= 0.3 is 0 Å². The summed E-state index contributed by atoms with van der Waals surface area (Å²) in [6, 6.07) is 11.4. The molecule has 0 bridgehead atoms. The fourth-order valence-electron chi connectivity index (χ4n) is 2.49. The van der Waals surface area contributed by atoms with Crippen LogP contribution in [0, 0.1) is 6.92 Å². The summed E-state index contributed by atoms with van der Waals surface area (Å²) in [6.07, 6.45) is 1.70. The highest BCUT2D eigenvalue weighted by Gasteiger charge is 2.14. The van der Waals surface area contributed by atoms with Crippen LogP contribution in [0.15, 0.2) is 56.7 Å². The average Bonchev–Trinajstić information content (AvgIpc) is 3.24. The molecule has 0 saturated carbocycles. The number of benzene rings is 1. The molecule has 0 aliphatic carbocycles. The van der Waals surface area contributed by atoms with E-state index in [9.17, 15) is 0 Å². The van der Waals surface area contributed by atoms with E-state index in [1.807, 2.05) is 50.2 Å². The highest BCUT2D eigenvalue weighted by atomic mass is 32.2. The molecule has 3 aromatic heterocycles. The maximum atomic E-state index is 5.82. The molecule has 26 heavy (non-hydrogen) atoms. The Hall–Kier alpha value is -2.80. The van der Waals surface area contributed by atoms with E-state index in [1.165, 1.54) is 11.8 Å². The fourth-order valence-corrected chi connectivity index (χ4v) is 3.31. The lowest BCUT2D eigenvalue weighted by molar-refractivity contribution is 0.340. The summed E-state index contributed by atoms with van der Waals surface area (Å²) < 4.78 is 17.0. The third kappa shape index (κ3) is 3.43. The topological polar surface area (TPSA) is 74.2 Å². The standard InChI is InChI=1S/C19H17N3O3S/c1-3-23-14-8-6-13(7-9-14)18-21-15(12(2)24-18)11-26-19-22-17-16(25-19)5-4-10-20-17/h4-10H,3,11H2,1-2H3. The van der Waals surface area contributed by atoms with E-state index in [0.717, 1.165) is 22.8 Å². The highest BCUT2D eigenvalue weighted by Crippen LogP contribution is 2.29. The number of rotatable bonds is 6. The number of ether oxygens (including phenoxy) is 1. The van der Waals surface area contributed by atoms with Gasteiger partial charge < -0.3 is 13.6 Å². The molecule has 0 atom stereocenters. The number of nitrogens with zero attached hydrogens (tertiary/aromatic N) is 3. The van der Waals surface area contributed by atoms with Crippen LogP contribution >= 0.6 is 11.8 Å². The van der Waals surface area contributed by atoms with E-state index in [-0.39, 0.29) is 0 Å². The van der Waals surface area contributed by atoms with Gasteiger partial charge in [0.05, 0.1) is 12.3 Å². The summed E-state index contributed by atoms with van der Waals surface area (Å²) in [5, 5.41) is 0.573. The molecule has 0 radical (unpaired) electrons. The van der Waals surface area contributed by atoms with Crippen molar-refractivity contribution in [2.45, 2.75) is 24.8 Å². The summed E-state index contributed by atoms with van der Waals surface area (Å²) in [6.45, 7) is 4.51. The Kier molecular flexibility index (Phi) is 4.62. The molecule has 0 aliphatic rings. The molecule has 0 spiro atoms. The van der Waals surface area contributed by atoms with Crippen molar-refractivity contribution in [1.82, 2.24) is 15.0 Å². The summed E-state index contributed by atoms with van der Waals surface area (Å²) >= 11 is 1.47. The number of thioether (sulfide) groups is 1. The van der Waals surface area contributed by atoms with Gasteiger partial charge in [-0.05, 0) is 50.2 Å². The maximum absolute atomic E-state index is 5.82. The van der Waals surface area contributed by atoms with Gasteiger partial charge in [-0.3, -0.25) is 0 Å². The van der Waals surface area contributed by atoms with Crippen molar-refractivity contribution < 1.29 is 13.6 Å². The molecule has 3 heterocycles. The van der Waals surface area contributed by atoms with Crippen molar-refractivity contribution >= 4 is 23.0 Å². The SMILES string of the molecule is CCOc1ccc(-c2nc(CSc3nc4ncccc4o3)c(C)o2)cc1. The summed E-state index contributed by atoms with van der Waals surface area (Å²) in [4.78, 5) is 13.1. The van der Waals surface area contributed by atoms with Crippen LogP contribution in [0.25, 0.3) is 22.7 Å². The van der Waals surface area contributed by atoms with E-state index in [0.29, 0.717) is 34.7 Å². The van der Waals surface area contributed by atoms with Crippen molar-refractivity contribution in [1.29, 1.82) is 0 Å². The van der Waals surface area contributed by atoms with E-state index < -0.39 is 0 Å². The van der Waals surface area contributed by atoms with Crippen LogP contribution in [-0.4, -0.2) is 21.6 Å². The highest BCUT2D eigenvalue weighted by molar-refractivity contribution is 7.98. The molecule has 1 aromatic carbocycles. The van der Waals surface area contributed by atoms with E-state index in [4.69, 9.17) is 13.6 Å². The van der Waals surface area contributed by atoms with Crippen molar-refractivity contribution in [2.24, 2.45) is 0 Å². The van der Waals surface area contributed by atoms with E-state index in [1.54, 1.807) is 6.20 Å². The number of aromatic nitrogens is 3. The zero-order valence-electron chi connectivity index (χ0n) is 14.4.